The highest BCUT2D eigenvalue weighted by Gasteiger charge is 2.27. The summed E-state index contributed by atoms with van der Waals surface area (Å²) in [5.41, 5.74) is 1.83. The fourth-order valence-electron chi connectivity index (χ4n) is 4.11. The number of halogens is 1. The molecule has 0 N–H and O–H groups in total. The molecule has 5 rings (SSSR count). The van der Waals surface area contributed by atoms with E-state index >= 15 is 0 Å². The topological polar surface area (TPSA) is 89.3 Å². The van der Waals surface area contributed by atoms with E-state index in [4.69, 9.17) is 0 Å². The zero-order chi connectivity index (χ0) is 23.2. The van der Waals surface area contributed by atoms with Crippen molar-refractivity contribution in [2.75, 3.05) is 13.1 Å². The van der Waals surface area contributed by atoms with Crippen LogP contribution in [0.15, 0.2) is 82.7 Å². The van der Waals surface area contributed by atoms with Crippen LogP contribution >= 0.6 is 22.6 Å². The van der Waals surface area contributed by atoms with Crippen LogP contribution in [0.4, 0.5) is 0 Å². The smallest absolute Gasteiger partial charge is 0.255 e. The molecule has 7 nitrogen and oxygen atoms in total. The second-order valence-corrected chi connectivity index (χ2v) is 12.6. The van der Waals surface area contributed by atoms with E-state index in [2.05, 4.69) is 4.98 Å². The molecular formula is C23H20IN3O4S2. The van der Waals surface area contributed by atoms with Gasteiger partial charge in [0.2, 0.25) is 10.0 Å². The average molecular weight is 593 g/mol. The van der Waals surface area contributed by atoms with Crippen molar-refractivity contribution in [2.24, 2.45) is 0 Å². The van der Waals surface area contributed by atoms with E-state index in [0.29, 0.717) is 39.0 Å². The highest BCUT2D eigenvalue weighted by atomic mass is 127. The Bertz CT molecular complexity index is 1540. The van der Waals surface area contributed by atoms with Gasteiger partial charge in [-0.2, -0.15) is 4.31 Å². The molecule has 1 aliphatic heterocycles. The van der Waals surface area contributed by atoms with Crippen molar-refractivity contribution in [2.45, 2.75) is 22.6 Å². The number of pyridine rings is 1. The van der Waals surface area contributed by atoms with Crippen molar-refractivity contribution in [3.63, 3.8) is 0 Å². The molecule has 0 saturated carbocycles. The second kappa shape index (κ2) is 8.49. The van der Waals surface area contributed by atoms with Crippen molar-refractivity contribution in [1.29, 1.82) is 0 Å². The summed E-state index contributed by atoms with van der Waals surface area (Å²) in [4.78, 5) is 4.94. The Morgan fingerprint density at radius 2 is 1.42 bits per heavy atom. The molecule has 1 fully saturated rings. The van der Waals surface area contributed by atoms with E-state index in [-0.39, 0.29) is 9.79 Å². The van der Waals surface area contributed by atoms with Gasteiger partial charge in [-0.25, -0.2) is 20.8 Å². The number of aromatic nitrogens is 2. The van der Waals surface area contributed by atoms with Gasteiger partial charge in [0.25, 0.3) is 10.0 Å². The SMILES string of the molecule is O=S(=O)(c1ccc(-c2nccc3c2cc(I)n3S(=O)(=O)c2ccccc2)cc1)N1CCCC1. The third-order valence-electron chi connectivity index (χ3n) is 5.76. The van der Waals surface area contributed by atoms with Crippen LogP contribution in [0.2, 0.25) is 0 Å². The lowest BCUT2D eigenvalue weighted by Gasteiger charge is -2.15. The predicted octanol–water partition coefficient (Wildman–Crippen LogP) is 4.33. The second-order valence-electron chi connectivity index (χ2n) is 7.78. The van der Waals surface area contributed by atoms with Crippen molar-refractivity contribution >= 4 is 53.5 Å². The van der Waals surface area contributed by atoms with Crippen molar-refractivity contribution in [3.8, 4) is 11.3 Å². The Morgan fingerprint density at radius 3 is 2.09 bits per heavy atom. The van der Waals surface area contributed by atoms with Crippen molar-refractivity contribution < 1.29 is 16.8 Å². The van der Waals surface area contributed by atoms with Crippen LogP contribution in [-0.2, 0) is 20.0 Å². The van der Waals surface area contributed by atoms with Gasteiger partial charge in [-0.15, -0.1) is 0 Å². The minimum atomic E-state index is -3.79. The molecule has 0 amide bonds. The minimum absolute atomic E-state index is 0.204. The third-order valence-corrected chi connectivity index (χ3v) is 10.5. The van der Waals surface area contributed by atoms with E-state index < -0.39 is 20.0 Å². The van der Waals surface area contributed by atoms with Gasteiger partial charge >= 0.3 is 0 Å². The Morgan fingerprint density at radius 1 is 0.788 bits per heavy atom. The molecule has 4 aromatic rings. The Kier molecular flexibility index (Phi) is 5.79. The average Bonchev–Trinajstić information content (AvgIpc) is 3.48. The summed E-state index contributed by atoms with van der Waals surface area (Å²) in [5, 5.41) is 0.677. The zero-order valence-electron chi connectivity index (χ0n) is 17.4. The van der Waals surface area contributed by atoms with Crippen LogP contribution in [0.1, 0.15) is 12.8 Å². The van der Waals surface area contributed by atoms with Crippen LogP contribution in [0, 0.1) is 3.70 Å². The first kappa shape index (κ1) is 22.5. The maximum Gasteiger partial charge on any atom is 0.269 e. The maximum atomic E-state index is 13.3. The molecule has 10 heteroatoms. The van der Waals surface area contributed by atoms with Gasteiger partial charge in [0.1, 0.15) is 0 Å². The largest absolute Gasteiger partial charge is 0.269 e. The van der Waals surface area contributed by atoms with Gasteiger partial charge in [0, 0.05) is 30.2 Å². The number of rotatable bonds is 5. The van der Waals surface area contributed by atoms with Gasteiger partial charge in [0.15, 0.2) is 0 Å². The molecule has 33 heavy (non-hydrogen) atoms. The lowest BCUT2D eigenvalue weighted by atomic mass is 10.1. The summed E-state index contributed by atoms with van der Waals surface area (Å²) in [6, 6.07) is 18.4. The molecular weight excluding hydrogens is 573 g/mol. The lowest BCUT2D eigenvalue weighted by Crippen LogP contribution is -2.27. The van der Waals surface area contributed by atoms with Gasteiger partial charge in [0.05, 0.1) is 24.7 Å². The van der Waals surface area contributed by atoms with Crippen molar-refractivity contribution in [3.05, 3.63) is 76.6 Å². The Hall–Kier alpha value is -2.28. The number of hydrogen-bond donors (Lipinski definition) is 0. The third kappa shape index (κ3) is 3.88. The maximum absolute atomic E-state index is 13.3. The number of fused-ring (bicyclic) bond motifs is 1. The minimum Gasteiger partial charge on any atom is -0.255 e. The number of benzene rings is 2. The predicted molar refractivity (Wildman–Crippen MR) is 135 cm³/mol. The quantitative estimate of drug-likeness (QED) is 0.322. The number of hydrogen-bond acceptors (Lipinski definition) is 5. The van der Waals surface area contributed by atoms with E-state index in [1.54, 1.807) is 72.9 Å². The fourth-order valence-corrected chi connectivity index (χ4v) is 8.39. The molecule has 3 heterocycles. The zero-order valence-corrected chi connectivity index (χ0v) is 21.2. The fraction of sp³-hybridized carbons (Fsp3) is 0.174. The molecule has 2 aromatic heterocycles. The standard InChI is InChI=1S/C23H20IN3O4S2/c24-22-16-20-21(27(22)33(30,31)18-6-2-1-3-7-18)12-13-25-23(20)17-8-10-19(11-9-17)32(28,29)26-14-4-5-15-26/h1-3,6-13,16H,4-5,14-15H2. The highest BCUT2D eigenvalue weighted by Crippen LogP contribution is 2.33. The van der Waals surface area contributed by atoms with E-state index in [1.807, 2.05) is 22.6 Å². The number of sulfonamides is 1. The first-order valence-corrected chi connectivity index (χ1v) is 14.3. The van der Waals surface area contributed by atoms with Gasteiger partial charge in [-0.3, -0.25) is 4.98 Å². The molecule has 0 aliphatic carbocycles. The molecule has 0 radical (unpaired) electrons. The summed E-state index contributed by atoms with van der Waals surface area (Å²) in [6.07, 6.45) is 3.33. The molecule has 0 spiro atoms. The van der Waals surface area contributed by atoms with Crippen LogP contribution < -0.4 is 0 Å². The first-order valence-electron chi connectivity index (χ1n) is 10.4. The van der Waals surface area contributed by atoms with E-state index in [9.17, 15) is 16.8 Å². The van der Waals surface area contributed by atoms with Gasteiger partial charge in [-0.05, 0) is 71.8 Å². The first-order chi connectivity index (χ1) is 15.8. The molecule has 170 valence electrons. The van der Waals surface area contributed by atoms with E-state index in [1.165, 1.54) is 8.28 Å². The highest BCUT2D eigenvalue weighted by molar-refractivity contribution is 14.1. The Balaban J connectivity index is 1.59. The van der Waals surface area contributed by atoms with Crippen LogP contribution in [0.25, 0.3) is 22.2 Å². The Labute approximate surface area is 206 Å². The monoisotopic (exact) mass is 593 g/mol. The van der Waals surface area contributed by atoms with Gasteiger partial charge in [-0.1, -0.05) is 30.3 Å². The summed E-state index contributed by atoms with van der Waals surface area (Å²) in [6.45, 7) is 1.10. The summed E-state index contributed by atoms with van der Waals surface area (Å²) >= 11 is 2.01. The van der Waals surface area contributed by atoms with Gasteiger partial charge < -0.3 is 0 Å². The molecule has 0 bridgehead atoms. The number of nitrogens with zero attached hydrogens (tertiary/aromatic N) is 3. The summed E-state index contributed by atoms with van der Waals surface area (Å²) in [7, 11) is -7.30. The van der Waals surface area contributed by atoms with E-state index in [0.717, 1.165) is 12.8 Å². The molecule has 0 unspecified atom stereocenters. The molecule has 0 atom stereocenters. The lowest BCUT2D eigenvalue weighted by molar-refractivity contribution is 0.477. The molecule has 1 aliphatic rings. The molecule has 1 saturated heterocycles. The van der Waals surface area contributed by atoms with Crippen molar-refractivity contribution in [1.82, 2.24) is 13.3 Å². The summed E-state index contributed by atoms with van der Waals surface area (Å²) in [5.74, 6) is 0. The summed E-state index contributed by atoms with van der Waals surface area (Å²) < 4.78 is 55.7. The van der Waals surface area contributed by atoms with Crippen LogP contribution in [0.5, 0.6) is 0 Å². The normalized spacial score (nSPS) is 15.3. The van der Waals surface area contributed by atoms with Crippen LogP contribution in [0.3, 0.4) is 0 Å². The molecule has 2 aromatic carbocycles. The van der Waals surface area contributed by atoms with Crippen LogP contribution in [-0.4, -0.2) is 43.2 Å².